The molecule has 0 saturated carbocycles. The Morgan fingerprint density at radius 1 is 1.45 bits per heavy atom. The fraction of sp³-hybridized carbons (Fsp3) is 0.875. The predicted molar refractivity (Wildman–Crippen MR) is 82.3 cm³/mol. The minimum Gasteiger partial charge on any atom is -0.477 e. The van der Waals surface area contributed by atoms with Crippen LogP contribution in [0.3, 0.4) is 0 Å². The average molecular weight is 315 g/mol. The van der Waals surface area contributed by atoms with Crippen molar-refractivity contribution >= 4 is 11.9 Å². The molecular weight excluding hydrogens is 286 g/mol. The lowest BCUT2D eigenvalue weighted by atomic mass is 9.77. The first-order valence-electron chi connectivity index (χ1n) is 7.92. The minimum atomic E-state index is -1.64. The molecule has 2 N–H and O–H groups in total. The van der Waals surface area contributed by atoms with Gasteiger partial charge < -0.3 is 19.9 Å². The first kappa shape index (κ1) is 18.9. The van der Waals surface area contributed by atoms with Crippen molar-refractivity contribution in [2.75, 3.05) is 7.11 Å². The quantitative estimate of drug-likeness (QED) is 0.783. The number of amides is 1. The van der Waals surface area contributed by atoms with E-state index in [9.17, 15) is 14.7 Å². The van der Waals surface area contributed by atoms with Crippen molar-refractivity contribution in [2.24, 2.45) is 17.8 Å². The molecule has 1 fully saturated rings. The van der Waals surface area contributed by atoms with Crippen LogP contribution in [-0.4, -0.2) is 42.0 Å². The van der Waals surface area contributed by atoms with Gasteiger partial charge in [-0.1, -0.05) is 34.1 Å². The molecular formula is C16H29NO5. The maximum atomic E-state index is 11.7. The number of carbonyl (C=O) groups excluding carboxylic acids is 1. The monoisotopic (exact) mass is 315 g/mol. The summed E-state index contributed by atoms with van der Waals surface area (Å²) in [5, 5.41) is 12.5. The zero-order chi connectivity index (χ0) is 17.1. The van der Waals surface area contributed by atoms with Crippen LogP contribution >= 0.6 is 0 Å². The van der Waals surface area contributed by atoms with E-state index in [2.05, 4.69) is 19.2 Å². The molecule has 6 nitrogen and oxygen atoms in total. The van der Waals surface area contributed by atoms with Gasteiger partial charge >= 0.3 is 5.97 Å². The highest BCUT2D eigenvalue weighted by Crippen LogP contribution is 2.39. The third-order valence-corrected chi connectivity index (χ3v) is 4.97. The lowest BCUT2D eigenvalue weighted by molar-refractivity contribution is -0.288. The van der Waals surface area contributed by atoms with Crippen LogP contribution in [-0.2, 0) is 19.1 Å². The maximum Gasteiger partial charge on any atom is 0.364 e. The van der Waals surface area contributed by atoms with Gasteiger partial charge in [0.2, 0.25) is 5.91 Å². The van der Waals surface area contributed by atoms with Crippen LogP contribution in [0, 0.1) is 17.8 Å². The summed E-state index contributed by atoms with van der Waals surface area (Å²) in [6.45, 7) is 9.62. The highest BCUT2D eigenvalue weighted by molar-refractivity contribution is 5.76. The molecule has 22 heavy (non-hydrogen) atoms. The summed E-state index contributed by atoms with van der Waals surface area (Å²) in [7, 11) is 1.35. The average Bonchev–Trinajstić information content (AvgIpc) is 2.46. The number of carboxylic acid groups (broad SMARTS) is 1. The van der Waals surface area contributed by atoms with Crippen LogP contribution in [0.1, 0.15) is 47.5 Å². The van der Waals surface area contributed by atoms with Crippen molar-refractivity contribution in [3.8, 4) is 0 Å². The van der Waals surface area contributed by atoms with Crippen molar-refractivity contribution in [3.63, 3.8) is 0 Å². The van der Waals surface area contributed by atoms with Gasteiger partial charge in [-0.2, -0.15) is 0 Å². The summed E-state index contributed by atoms with van der Waals surface area (Å²) in [6.07, 6.45) is 0.751. The van der Waals surface area contributed by atoms with Gasteiger partial charge in [-0.15, -0.1) is 0 Å². The van der Waals surface area contributed by atoms with E-state index in [4.69, 9.17) is 9.47 Å². The highest BCUT2D eigenvalue weighted by Gasteiger charge is 2.53. The third kappa shape index (κ3) is 3.79. The molecule has 0 spiro atoms. The van der Waals surface area contributed by atoms with E-state index in [1.807, 2.05) is 13.8 Å². The summed E-state index contributed by atoms with van der Waals surface area (Å²) in [5.41, 5.74) is 0. The molecule has 6 atom stereocenters. The number of hydrogen-bond acceptors (Lipinski definition) is 4. The number of methoxy groups -OCH3 is 1. The van der Waals surface area contributed by atoms with Gasteiger partial charge in [-0.3, -0.25) is 4.79 Å². The molecule has 1 aliphatic rings. The van der Waals surface area contributed by atoms with Gasteiger partial charge in [0.15, 0.2) is 0 Å². The Labute approximate surface area is 132 Å². The topological polar surface area (TPSA) is 84.9 Å². The van der Waals surface area contributed by atoms with E-state index in [0.717, 1.165) is 6.42 Å². The van der Waals surface area contributed by atoms with Crippen LogP contribution in [0.15, 0.2) is 0 Å². The summed E-state index contributed by atoms with van der Waals surface area (Å²) < 4.78 is 11.1. The van der Waals surface area contributed by atoms with Gasteiger partial charge in [-0.05, 0) is 17.8 Å². The molecule has 6 heteroatoms. The molecule has 0 aromatic rings. The molecule has 1 amide bonds. The second-order valence-electron chi connectivity index (χ2n) is 6.50. The highest BCUT2D eigenvalue weighted by atomic mass is 16.7. The fourth-order valence-electron chi connectivity index (χ4n) is 3.16. The molecule has 0 aromatic carbocycles. The Hall–Kier alpha value is -1.14. The molecule has 1 aliphatic heterocycles. The van der Waals surface area contributed by atoms with Crippen LogP contribution in [0.2, 0.25) is 0 Å². The molecule has 0 radical (unpaired) electrons. The number of carboxylic acids is 1. The Morgan fingerprint density at radius 3 is 2.45 bits per heavy atom. The largest absolute Gasteiger partial charge is 0.477 e. The predicted octanol–water partition coefficient (Wildman–Crippen LogP) is 2.03. The van der Waals surface area contributed by atoms with E-state index < -0.39 is 17.9 Å². The Balaban J connectivity index is 3.14. The molecule has 128 valence electrons. The number of carbonyl (C=O) groups is 2. The van der Waals surface area contributed by atoms with Gasteiger partial charge in [-0.25, -0.2) is 4.79 Å². The minimum absolute atomic E-state index is 0.0646. The summed E-state index contributed by atoms with van der Waals surface area (Å²) in [6, 6.07) is -0.218. The lowest BCUT2D eigenvalue weighted by Crippen LogP contribution is -2.63. The fourth-order valence-corrected chi connectivity index (χ4v) is 3.16. The normalized spacial score (nSPS) is 34.7. The third-order valence-electron chi connectivity index (χ3n) is 4.97. The maximum absolute atomic E-state index is 11.7. The van der Waals surface area contributed by atoms with Gasteiger partial charge in [0, 0.05) is 20.5 Å². The van der Waals surface area contributed by atoms with Crippen LogP contribution in [0.5, 0.6) is 0 Å². The zero-order valence-corrected chi connectivity index (χ0v) is 14.4. The molecule has 1 saturated heterocycles. The summed E-state index contributed by atoms with van der Waals surface area (Å²) >= 11 is 0. The first-order chi connectivity index (χ1) is 10.2. The van der Waals surface area contributed by atoms with Gasteiger partial charge in [0.05, 0.1) is 12.1 Å². The number of nitrogens with one attached hydrogen (secondary N) is 1. The Bertz CT molecular complexity index is 413. The van der Waals surface area contributed by atoms with Crippen LogP contribution < -0.4 is 5.32 Å². The number of hydrogen-bond donors (Lipinski definition) is 2. The standard InChI is InChI=1S/C16H29NO5/c1-7-9(2)11(4)14-13(17-12(5)18)10(3)8-16(21-6,22-14)15(19)20/h9-11,13-14H,7-8H2,1-6H3,(H,17,18)(H,19,20)/t9-,10?,11-,13?,14?,16?/m1/s1. The molecule has 1 heterocycles. The summed E-state index contributed by atoms with van der Waals surface area (Å²) in [5.74, 6) is -2.52. The first-order valence-corrected chi connectivity index (χ1v) is 7.92. The van der Waals surface area contributed by atoms with Crippen molar-refractivity contribution in [3.05, 3.63) is 0 Å². The smallest absolute Gasteiger partial charge is 0.364 e. The zero-order valence-electron chi connectivity index (χ0n) is 14.4. The second kappa shape index (κ2) is 7.42. The van der Waals surface area contributed by atoms with E-state index in [1.165, 1.54) is 14.0 Å². The number of aliphatic carboxylic acids is 1. The summed E-state index contributed by atoms with van der Waals surface area (Å²) in [4.78, 5) is 23.2. The Morgan fingerprint density at radius 2 is 2.05 bits per heavy atom. The SMILES string of the molecule is CC[C@@H](C)[C@@H](C)C1OC(OC)(C(=O)O)CC(C)C1NC(C)=O. The number of rotatable bonds is 6. The van der Waals surface area contributed by atoms with Gasteiger partial charge in [0.1, 0.15) is 0 Å². The van der Waals surface area contributed by atoms with E-state index in [0.29, 0.717) is 5.92 Å². The van der Waals surface area contributed by atoms with Crippen LogP contribution in [0.25, 0.3) is 0 Å². The van der Waals surface area contributed by atoms with Crippen molar-refractivity contribution in [2.45, 2.75) is 65.4 Å². The van der Waals surface area contributed by atoms with Crippen molar-refractivity contribution in [1.29, 1.82) is 0 Å². The van der Waals surface area contributed by atoms with Crippen molar-refractivity contribution in [1.82, 2.24) is 5.32 Å². The lowest BCUT2D eigenvalue weighted by Gasteiger charge is -2.48. The van der Waals surface area contributed by atoms with E-state index in [-0.39, 0.29) is 30.2 Å². The van der Waals surface area contributed by atoms with Crippen molar-refractivity contribution < 1.29 is 24.2 Å². The molecule has 0 bridgehead atoms. The molecule has 0 aliphatic carbocycles. The Kier molecular flexibility index (Phi) is 6.38. The molecule has 0 aromatic heterocycles. The number of ether oxygens (including phenoxy) is 2. The molecule has 1 rings (SSSR count). The second-order valence-corrected chi connectivity index (χ2v) is 6.50. The van der Waals surface area contributed by atoms with Gasteiger partial charge in [0.25, 0.3) is 5.79 Å². The van der Waals surface area contributed by atoms with E-state index in [1.54, 1.807) is 0 Å². The van der Waals surface area contributed by atoms with Crippen LogP contribution in [0.4, 0.5) is 0 Å². The van der Waals surface area contributed by atoms with E-state index >= 15 is 0 Å². The molecule has 4 unspecified atom stereocenters.